The topological polar surface area (TPSA) is 45.6 Å². The number of aryl methyl sites for hydroxylation is 1. The predicted molar refractivity (Wildman–Crippen MR) is 99.8 cm³/mol. The minimum Gasteiger partial charge on any atom is -0.386 e. The van der Waals surface area contributed by atoms with Gasteiger partial charge < -0.3 is 10.3 Å². The molecule has 0 aliphatic rings. The van der Waals surface area contributed by atoms with Crippen LogP contribution in [0, 0.1) is 0 Å². The highest BCUT2D eigenvalue weighted by Crippen LogP contribution is 2.29. The fraction of sp³-hybridized carbons (Fsp3) is 0.150. The van der Waals surface area contributed by atoms with Gasteiger partial charge in [-0.25, -0.2) is 4.68 Å². The van der Waals surface area contributed by atoms with Crippen molar-refractivity contribution in [3.8, 4) is 16.8 Å². The first-order valence-corrected chi connectivity index (χ1v) is 8.21. The summed E-state index contributed by atoms with van der Waals surface area (Å²) in [6, 6.07) is 15.0. The van der Waals surface area contributed by atoms with Crippen LogP contribution in [0.4, 0.5) is 5.69 Å². The van der Waals surface area contributed by atoms with Crippen molar-refractivity contribution in [1.29, 1.82) is 0 Å². The summed E-state index contributed by atoms with van der Waals surface area (Å²) in [7, 11) is 1.94. The third kappa shape index (κ3) is 2.46. The highest BCUT2D eigenvalue weighted by molar-refractivity contribution is 5.95. The first-order valence-electron chi connectivity index (χ1n) is 8.21. The van der Waals surface area contributed by atoms with E-state index in [1.54, 1.807) is 0 Å². The molecule has 0 unspecified atom stereocenters. The second-order valence-electron chi connectivity index (χ2n) is 5.91. The second kappa shape index (κ2) is 5.89. The summed E-state index contributed by atoms with van der Waals surface area (Å²) in [6.45, 7) is 2.16. The molecule has 4 nitrogen and oxygen atoms in total. The number of anilines is 1. The van der Waals surface area contributed by atoms with E-state index in [9.17, 15) is 0 Å². The van der Waals surface area contributed by atoms with Crippen molar-refractivity contribution in [3.05, 3.63) is 66.6 Å². The summed E-state index contributed by atoms with van der Waals surface area (Å²) in [5, 5.41) is 8.93. The molecule has 0 fully saturated rings. The van der Waals surface area contributed by atoms with Crippen molar-refractivity contribution >= 4 is 16.6 Å². The molecule has 0 saturated heterocycles. The molecule has 0 bridgehead atoms. The zero-order valence-electron chi connectivity index (χ0n) is 13.9. The molecule has 120 valence electrons. The Morgan fingerprint density at radius 1 is 1.08 bits per heavy atom. The molecule has 4 aromatic rings. The van der Waals surface area contributed by atoms with Crippen LogP contribution in [-0.4, -0.2) is 21.8 Å². The van der Waals surface area contributed by atoms with Crippen molar-refractivity contribution in [2.24, 2.45) is 0 Å². The summed E-state index contributed by atoms with van der Waals surface area (Å²) >= 11 is 0. The zero-order chi connectivity index (χ0) is 16.5. The van der Waals surface area contributed by atoms with Crippen LogP contribution >= 0.6 is 0 Å². The van der Waals surface area contributed by atoms with Gasteiger partial charge in [0.15, 0.2) is 0 Å². The first kappa shape index (κ1) is 14.6. The standard InChI is InChI=1S/C20H20N4/c1-3-14-4-7-17(8-5-14)24-13-16(11-23-24)15-6-9-19-18(10-15)20(21-2)12-22-19/h4-13,21-22H,3H2,1-2H3. The van der Waals surface area contributed by atoms with Gasteiger partial charge in [0.05, 0.1) is 17.6 Å². The maximum Gasteiger partial charge on any atom is 0.0645 e. The second-order valence-corrected chi connectivity index (χ2v) is 5.91. The maximum atomic E-state index is 4.52. The normalized spacial score (nSPS) is 11.1. The van der Waals surface area contributed by atoms with E-state index in [2.05, 4.69) is 71.0 Å². The van der Waals surface area contributed by atoms with Crippen LogP contribution in [0.5, 0.6) is 0 Å². The molecular formula is C20H20N4. The molecule has 0 amide bonds. The molecule has 0 aliphatic carbocycles. The van der Waals surface area contributed by atoms with E-state index in [1.165, 1.54) is 10.9 Å². The SMILES string of the molecule is CCc1ccc(-n2cc(-c3ccc4[nH]cc(NC)c4c3)cn2)cc1. The summed E-state index contributed by atoms with van der Waals surface area (Å²) in [5.74, 6) is 0. The van der Waals surface area contributed by atoms with Crippen molar-refractivity contribution in [2.75, 3.05) is 12.4 Å². The van der Waals surface area contributed by atoms with E-state index < -0.39 is 0 Å². The van der Waals surface area contributed by atoms with Crippen LogP contribution in [0.1, 0.15) is 12.5 Å². The number of H-pyrrole nitrogens is 1. The van der Waals surface area contributed by atoms with Gasteiger partial charge in [-0.2, -0.15) is 5.10 Å². The Kier molecular flexibility index (Phi) is 3.58. The summed E-state index contributed by atoms with van der Waals surface area (Å²) in [6.07, 6.45) is 7.04. The van der Waals surface area contributed by atoms with Crippen LogP contribution < -0.4 is 5.32 Å². The van der Waals surface area contributed by atoms with Crippen molar-refractivity contribution < 1.29 is 0 Å². The Labute approximate surface area is 141 Å². The quantitative estimate of drug-likeness (QED) is 0.577. The van der Waals surface area contributed by atoms with Gasteiger partial charge in [-0.05, 0) is 41.8 Å². The monoisotopic (exact) mass is 316 g/mol. The number of nitrogens with zero attached hydrogens (tertiary/aromatic N) is 2. The van der Waals surface area contributed by atoms with Crippen LogP contribution in [0.2, 0.25) is 0 Å². The van der Waals surface area contributed by atoms with Gasteiger partial charge >= 0.3 is 0 Å². The summed E-state index contributed by atoms with van der Waals surface area (Å²) in [5.41, 5.74) is 6.93. The number of hydrogen-bond acceptors (Lipinski definition) is 2. The van der Waals surface area contributed by atoms with Gasteiger partial charge in [0, 0.05) is 35.9 Å². The van der Waals surface area contributed by atoms with E-state index in [-0.39, 0.29) is 0 Å². The summed E-state index contributed by atoms with van der Waals surface area (Å²) < 4.78 is 1.93. The molecule has 0 saturated carbocycles. The van der Waals surface area contributed by atoms with Gasteiger partial charge in [0.1, 0.15) is 0 Å². The van der Waals surface area contributed by atoms with Crippen LogP contribution in [0.3, 0.4) is 0 Å². The Morgan fingerprint density at radius 2 is 1.92 bits per heavy atom. The van der Waals surface area contributed by atoms with Crippen LogP contribution in [0.15, 0.2) is 61.1 Å². The third-order valence-corrected chi connectivity index (χ3v) is 4.48. The number of benzene rings is 2. The Bertz CT molecular complexity index is 976. The smallest absolute Gasteiger partial charge is 0.0645 e. The molecular weight excluding hydrogens is 296 g/mol. The molecule has 2 aromatic heterocycles. The average molecular weight is 316 g/mol. The Morgan fingerprint density at radius 3 is 2.67 bits per heavy atom. The van der Waals surface area contributed by atoms with Gasteiger partial charge in [-0.1, -0.05) is 25.1 Å². The molecule has 0 spiro atoms. The first-order chi connectivity index (χ1) is 11.8. The zero-order valence-corrected chi connectivity index (χ0v) is 13.9. The lowest BCUT2D eigenvalue weighted by molar-refractivity contribution is 0.879. The van der Waals surface area contributed by atoms with E-state index >= 15 is 0 Å². The molecule has 0 radical (unpaired) electrons. The lowest BCUT2D eigenvalue weighted by Crippen LogP contribution is -1.94. The van der Waals surface area contributed by atoms with Crippen molar-refractivity contribution in [1.82, 2.24) is 14.8 Å². The highest BCUT2D eigenvalue weighted by atomic mass is 15.3. The van der Waals surface area contributed by atoms with Gasteiger partial charge in [-0.3, -0.25) is 0 Å². The van der Waals surface area contributed by atoms with Crippen molar-refractivity contribution in [2.45, 2.75) is 13.3 Å². The van der Waals surface area contributed by atoms with E-state index in [4.69, 9.17) is 0 Å². The molecule has 0 atom stereocenters. The number of aromatic amines is 1. The van der Waals surface area contributed by atoms with Gasteiger partial charge in [-0.15, -0.1) is 0 Å². The maximum absolute atomic E-state index is 4.52. The largest absolute Gasteiger partial charge is 0.386 e. The number of hydrogen-bond donors (Lipinski definition) is 2. The minimum atomic E-state index is 1.05. The number of aromatic nitrogens is 3. The lowest BCUT2D eigenvalue weighted by atomic mass is 10.1. The number of rotatable bonds is 4. The van der Waals surface area contributed by atoms with Crippen LogP contribution in [0.25, 0.3) is 27.7 Å². The molecule has 0 aliphatic heterocycles. The fourth-order valence-corrected chi connectivity index (χ4v) is 3.00. The van der Waals surface area contributed by atoms with Crippen LogP contribution in [-0.2, 0) is 6.42 Å². The molecule has 4 rings (SSSR count). The molecule has 2 N–H and O–H groups in total. The average Bonchev–Trinajstić information content (AvgIpc) is 3.28. The highest BCUT2D eigenvalue weighted by Gasteiger charge is 2.07. The van der Waals surface area contributed by atoms with Crippen molar-refractivity contribution in [3.63, 3.8) is 0 Å². The summed E-state index contributed by atoms with van der Waals surface area (Å²) in [4.78, 5) is 3.28. The van der Waals surface area contributed by atoms with Gasteiger partial charge in [0.2, 0.25) is 0 Å². The lowest BCUT2D eigenvalue weighted by Gasteiger charge is -2.03. The van der Waals surface area contributed by atoms with E-state index in [0.717, 1.165) is 34.4 Å². The van der Waals surface area contributed by atoms with E-state index in [1.807, 2.05) is 24.1 Å². The van der Waals surface area contributed by atoms with E-state index in [0.29, 0.717) is 0 Å². The fourth-order valence-electron chi connectivity index (χ4n) is 3.00. The number of fused-ring (bicyclic) bond motifs is 1. The minimum absolute atomic E-state index is 1.05. The third-order valence-electron chi connectivity index (χ3n) is 4.48. The predicted octanol–water partition coefficient (Wildman–Crippen LogP) is 4.62. The Hall–Kier alpha value is -3.01. The van der Waals surface area contributed by atoms with Gasteiger partial charge in [0.25, 0.3) is 0 Å². The molecule has 24 heavy (non-hydrogen) atoms. The molecule has 2 aromatic carbocycles. The Balaban J connectivity index is 1.71. The molecule has 2 heterocycles. The number of nitrogens with one attached hydrogen (secondary N) is 2. The molecule has 4 heteroatoms.